The van der Waals surface area contributed by atoms with Crippen LogP contribution in [0.3, 0.4) is 0 Å². The van der Waals surface area contributed by atoms with Gasteiger partial charge in [0.05, 0.1) is 21.7 Å². The zero-order valence-corrected chi connectivity index (χ0v) is 18.1. The Kier molecular flexibility index (Phi) is 5.83. The summed E-state index contributed by atoms with van der Waals surface area (Å²) in [6.45, 7) is 6.34. The monoisotopic (exact) mass is 441 g/mol. The number of thiocarbonyl (C=S) groups is 1. The molecule has 0 aromatic heterocycles. The van der Waals surface area contributed by atoms with E-state index in [1.807, 2.05) is 24.3 Å². The van der Waals surface area contributed by atoms with Gasteiger partial charge in [0.25, 0.3) is 5.91 Å². The van der Waals surface area contributed by atoms with Crippen molar-refractivity contribution >= 4 is 57.9 Å². The van der Waals surface area contributed by atoms with Crippen molar-refractivity contribution in [2.24, 2.45) is 0 Å². The molecule has 0 spiro atoms. The summed E-state index contributed by atoms with van der Waals surface area (Å²) in [5.41, 5.74) is 1.65. The molecule has 0 aliphatic carbocycles. The molecule has 2 N–H and O–H groups in total. The topological polar surface area (TPSA) is 94.9 Å². The highest BCUT2D eigenvalue weighted by atomic mass is 32.2. The second-order valence-corrected chi connectivity index (χ2v) is 9.44. The number of hydrogen-bond donors (Lipinski definition) is 2. The van der Waals surface area contributed by atoms with E-state index >= 15 is 0 Å². The van der Waals surface area contributed by atoms with E-state index in [4.69, 9.17) is 12.2 Å². The van der Waals surface area contributed by atoms with Gasteiger partial charge in [0, 0.05) is 0 Å². The molecule has 0 unspecified atom stereocenters. The smallest absolute Gasteiger partial charge is 0.335 e. The predicted molar refractivity (Wildman–Crippen MR) is 121 cm³/mol. The molecule has 0 atom stereocenters. The van der Waals surface area contributed by atoms with E-state index in [2.05, 4.69) is 20.8 Å². The number of carboxylic acid groups (broad SMARTS) is 2. The Bertz CT molecular complexity index is 1070. The van der Waals surface area contributed by atoms with Gasteiger partial charge >= 0.3 is 11.9 Å². The van der Waals surface area contributed by atoms with Gasteiger partial charge in [0.1, 0.15) is 0 Å². The average Bonchev–Trinajstić information content (AvgIpc) is 2.94. The number of thioether (sulfide) groups is 1. The van der Waals surface area contributed by atoms with Gasteiger partial charge in [0.2, 0.25) is 0 Å². The molecule has 154 valence electrons. The molecule has 1 fully saturated rings. The lowest BCUT2D eigenvalue weighted by Gasteiger charge is -2.18. The van der Waals surface area contributed by atoms with Crippen LogP contribution in [0.4, 0.5) is 5.69 Å². The van der Waals surface area contributed by atoms with Crippen molar-refractivity contribution in [2.45, 2.75) is 26.2 Å². The van der Waals surface area contributed by atoms with Crippen LogP contribution in [0.15, 0.2) is 47.4 Å². The molecule has 8 heteroatoms. The highest BCUT2D eigenvalue weighted by Crippen LogP contribution is 2.37. The number of aromatic carboxylic acids is 2. The molecule has 1 heterocycles. The number of anilines is 1. The predicted octanol–water partition coefficient (Wildman–Crippen LogP) is 4.79. The molecule has 0 radical (unpaired) electrons. The Morgan fingerprint density at radius 3 is 2.00 bits per heavy atom. The van der Waals surface area contributed by atoms with Crippen molar-refractivity contribution in [3.05, 3.63) is 69.6 Å². The molecule has 6 nitrogen and oxygen atoms in total. The Balaban J connectivity index is 1.96. The molecule has 0 bridgehead atoms. The van der Waals surface area contributed by atoms with Crippen LogP contribution in [-0.4, -0.2) is 32.4 Å². The number of rotatable bonds is 4. The van der Waals surface area contributed by atoms with Gasteiger partial charge in [-0.25, -0.2) is 9.59 Å². The first-order chi connectivity index (χ1) is 14.0. The second-order valence-electron chi connectivity index (χ2n) is 7.77. The van der Waals surface area contributed by atoms with E-state index < -0.39 is 17.8 Å². The molecule has 2 aromatic rings. The standard InChI is InChI=1S/C22H19NO5S2/c1-22(2,3)15-6-4-12(5-7-15)8-17-18(24)23(21(29)30-17)16-10-13(19(25)26)9-14(11-16)20(27)28/h4-11H,1-3H3,(H,25,26)(H,27,28)/b17-8+. The summed E-state index contributed by atoms with van der Waals surface area (Å²) in [6, 6.07) is 11.4. The van der Waals surface area contributed by atoms with Gasteiger partial charge in [-0.2, -0.15) is 0 Å². The zero-order valence-electron chi connectivity index (χ0n) is 16.5. The van der Waals surface area contributed by atoms with E-state index in [0.29, 0.717) is 4.91 Å². The first kappa shape index (κ1) is 21.7. The summed E-state index contributed by atoms with van der Waals surface area (Å²) in [4.78, 5) is 37.2. The maximum Gasteiger partial charge on any atom is 0.335 e. The van der Waals surface area contributed by atoms with Crippen LogP contribution < -0.4 is 4.90 Å². The van der Waals surface area contributed by atoms with E-state index in [1.165, 1.54) is 17.7 Å². The summed E-state index contributed by atoms with van der Waals surface area (Å²) < 4.78 is 0.205. The number of amides is 1. The lowest BCUT2D eigenvalue weighted by Crippen LogP contribution is -2.28. The van der Waals surface area contributed by atoms with Crippen LogP contribution in [0.2, 0.25) is 0 Å². The third kappa shape index (κ3) is 4.44. The van der Waals surface area contributed by atoms with Gasteiger partial charge < -0.3 is 10.2 Å². The van der Waals surface area contributed by atoms with Crippen molar-refractivity contribution in [2.75, 3.05) is 4.90 Å². The molecule has 1 aliphatic rings. The molecule has 30 heavy (non-hydrogen) atoms. The van der Waals surface area contributed by atoms with Crippen LogP contribution in [-0.2, 0) is 10.2 Å². The zero-order chi connectivity index (χ0) is 22.2. The van der Waals surface area contributed by atoms with Gasteiger partial charge in [-0.05, 0) is 40.8 Å². The van der Waals surface area contributed by atoms with E-state index in [9.17, 15) is 24.6 Å². The van der Waals surface area contributed by atoms with Crippen LogP contribution >= 0.6 is 24.0 Å². The third-order valence-electron chi connectivity index (χ3n) is 4.54. The molecular weight excluding hydrogens is 422 g/mol. The van der Waals surface area contributed by atoms with Gasteiger partial charge in [-0.1, -0.05) is 69.0 Å². The third-order valence-corrected chi connectivity index (χ3v) is 5.84. The van der Waals surface area contributed by atoms with Crippen molar-refractivity contribution in [1.82, 2.24) is 0 Å². The minimum Gasteiger partial charge on any atom is -0.478 e. The largest absolute Gasteiger partial charge is 0.478 e. The van der Waals surface area contributed by atoms with Crippen LogP contribution in [0, 0.1) is 0 Å². The van der Waals surface area contributed by atoms with E-state index in [0.717, 1.165) is 28.3 Å². The average molecular weight is 442 g/mol. The molecule has 1 saturated heterocycles. The highest BCUT2D eigenvalue weighted by Gasteiger charge is 2.34. The Morgan fingerprint density at radius 1 is 1.00 bits per heavy atom. The molecule has 2 aromatic carbocycles. The summed E-state index contributed by atoms with van der Waals surface area (Å²) in [5.74, 6) is -3.01. The number of carbonyl (C=O) groups is 3. The van der Waals surface area contributed by atoms with Crippen molar-refractivity contribution in [1.29, 1.82) is 0 Å². The number of carbonyl (C=O) groups excluding carboxylic acids is 1. The lowest BCUT2D eigenvalue weighted by atomic mass is 9.87. The molecular formula is C22H19NO5S2. The molecule has 1 amide bonds. The maximum absolute atomic E-state index is 13.0. The summed E-state index contributed by atoms with van der Waals surface area (Å²) >= 11 is 6.40. The number of carboxylic acids is 2. The summed E-state index contributed by atoms with van der Waals surface area (Å²) in [5, 5.41) is 18.5. The number of hydrogen-bond acceptors (Lipinski definition) is 5. The Morgan fingerprint density at radius 2 is 1.53 bits per heavy atom. The molecule has 1 aliphatic heterocycles. The summed E-state index contributed by atoms with van der Waals surface area (Å²) in [6.07, 6.45) is 1.71. The maximum atomic E-state index is 13.0. The van der Waals surface area contributed by atoms with E-state index in [-0.39, 0.29) is 26.5 Å². The first-order valence-electron chi connectivity index (χ1n) is 8.97. The van der Waals surface area contributed by atoms with Crippen molar-refractivity contribution in [3.63, 3.8) is 0 Å². The van der Waals surface area contributed by atoms with Gasteiger partial charge in [-0.3, -0.25) is 9.69 Å². The molecule has 0 saturated carbocycles. The van der Waals surface area contributed by atoms with Crippen molar-refractivity contribution in [3.8, 4) is 0 Å². The second kappa shape index (κ2) is 8.04. The molecule has 3 rings (SSSR count). The Labute approximate surface area is 183 Å². The minimum absolute atomic E-state index is 0.0129. The van der Waals surface area contributed by atoms with Crippen LogP contribution in [0.5, 0.6) is 0 Å². The lowest BCUT2D eigenvalue weighted by molar-refractivity contribution is -0.113. The van der Waals surface area contributed by atoms with Gasteiger partial charge in [-0.15, -0.1) is 0 Å². The summed E-state index contributed by atoms with van der Waals surface area (Å²) in [7, 11) is 0. The van der Waals surface area contributed by atoms with Crippen LogP contribution in [0.25, 0.3) is 6.08 Å². The first-order valence-corrected chi connectivity index (χ1v) is 10.2. The number of benzene rings is 2. The normalized spacial score (nSPS) is 15.7. The fraction of sp³-hybridized carbons (Fsp3) is 0.182. The fourth-order valence-electron chi connectivity index (χ4n) is 2.91. The van der Waals surface area contributed by atoms with Crippen molar-refractivity contribution < 1.29 is 24.6 Å². The quantitative estimate of drug-likeness (QED) is 0.520. The number of nitrogens with zero attached hydrogens (tertiary/aromatic N) is 1. The highest BCUT2D eigenvalue weighted by molar-refractivity contribution is 8.27. The minimum atomic E-state index is -1.29. The Hall–Kier alpha value is -2.97. The SMILES string of the molecule is CC(C)(C)c1ccc(/C=C2/SC(=S)N(c3cc(C(=O)O)cc(C(=O)O)c3)C2=O)cc1. The van der Waals surface area contributed by atoms with E-state index in [1.54, 1.807) is 6.08 Å². The van der Waals surface area contributed by atoms with Crippen LogP contribution in [0.1, 0.15) is 52.6 Å². The van der Waals surface area contributed by atoms with Gasteiger partial charge in [0.15, 0.2) is 4.32 Å². The fourth-order valence-corrected chi connectivity index (χ4v) is 4.21.